The first-order chi connectivity index (χ1) is 10.1. The van der Waals surface area contributed by atoms with E-state index in [2.05, 4.69) is 52.0 Å². The zero-order valence-corrected chi connectivity index (χ0v) is 17.4. The SMILES string of the molecule is CC(C)CCC1=[C]([Zr+2][C]2=C(CCC(C)C)C=CC2)CC=C1.[F-].[F-]. The van der Waals surface area contributed by atoms with E-state index in [9.17, 15) is 0 Å². The van der Waals surface area contributed by atoms with Gasteiger partial charge in [-0.2, -0.15) is 0 Å². The van der Waals surface area contributed by atoms with Gasteiger partial charge in [-0.15, -0.1) is 0 Å². The van der Waals surface area contributed by atoms with Crippen LogP contribution in [0.4, 0.5) is 0 Å². The van der Waals surface area contributed by atoms with Crippen LogP contribution in [0.1, 0.15) is 66.2 Å². The van der Waals surface area contributed by atoms with Gasteiger partial charge in [-0.1, -0.05) is 0 Å². The van der Waals surface area contributed by atoms with Gasteiger partial charge in [0.1, 0.15) is 0 Å². The molecule has 23 heavy (non-hydrogen) atoms. The van der Waals surface area contributed by atoms with Gasteiger partial charge in [0.05, 0.1) is 0 Å². The Morgan fingerprint density at radius 1 is 0.783 bits per heavy atom. The van der Waals surface area contributed by atoms with Gasteiger partial charge < -0.3 is 9.41 Å². The molecular weight excluding hydrogens is 369 g/mol. The summed E-state index contributed by atoms with van der Waals surface area (Å²) in [6.45, 7) is 9.36. The number of hydrogen-bond acceptors (Lipinski definition) is 0. The molecule has 3 heteroatoms. The molecule has 0 aromatic heterocycles. The summed E-state index contributed by atoms with van der Waals surface area (Å²) in [6.07, 6.45) is 17.5. The summed E-state index contributed by atoms with van der Waals surface area (Å²) >= 11 is -0.502. The second-order valence-electron chi connectivity index (χ2n) is 7.21. The zero-order chi connectivity index (χ0) is 15.2. The molecule has 0 saturated heterocycles. The van der Waals surface area contributed by atoms with Crippen molar-refractivity contribution in [2.75, 3.05) is 0 Å². The van der Waals surface area contributed by atoms with Crippen LogP contribution >= 0.6 is 0 Å². The topological polar surface area (TPSA) is 0 Å². The standard InChI is InChI=1S/2C10H15.2FH.Zr/c2*1-9(2)7-8-10-5-3-4-6-10;;;/h2*3,5,9H,4,7-8H2,1-2H3;2*1H;/q;;;;+2/p-2. The summed E-state index contributed by atoms with van der Waals surface area (Å²) in [4.78, 5) is 0. The van der Waals surface area contributed by atoms with E-state index in [1.165, 1.54) is 38.5 Å². The van der Waals surface area contributed by atoms with Gasteiger partial charge in [-0.25, -0.2) is 0 Å². The summed E-state index contributed by atoms with van der Waals surface area (Å²) in [6, 6.07) is 0. The van der Waals surface area contributed by atoms with Crippen LogP contribution in [0.5, 0.6) is 0 Å². The summed E-state index contributed by atoms with van der Waals surface area (Å²) in [5.41, 5.74) is 3.41. The van der Waals surface area contributed by atoms with Crippen LogP contribution in [0.3, 0.4) is 0 Å². The number of halogens is 2. The summed E-state index contributed by atoms with van der Waals surface area (Å²) in [5.74, 6) is 1.65. The minimum Gasteiger partial charge on any atom is -1.00 e. The number of allylic oxidation sites excluding steroid dienone is 8. The van der Waals surface area contributed by atoms with Gasteiger partial charge in [0.2, 0.25) is 0 Å². The Balaban J connectivity index is 0.00000242. The molecular formula is C20H30F2Zr. The van der Waals surface area contributed by atoms with Crippen LogP contribution in [0.2, 0.25) is 0 Å². The number of rotatable bonds is 8. The van der Waals surface area contributed by atoms with E-state index in [0.29, 0.717) is 0 Å². The van der Waals surface area contributed by atoms with Crippen LogP contribution < -0.4 is 9.41 Å². The van der Waals surface area contributed by atoms with Gasteiger partial charge in [0, 0.05) is 0 Å². The summed E-state index contributed by atoms with van der Waals surface area (Å²) in [5, 5.41) is 0. The fraction of sp³-hybridized carbons (Fsp3) is 0.600. The third-order valence-electron chi connectivity index (χ3n) is 4.34. The molecule has 128 valence electrons. The fourth-order valence-electron chi connectivity index (χ4n) is 2.90. The molecule has 0 aromatic rings. The molecule has 0 amide bonds. The molecule has 2 aliphatic rings. The third kappa shape index (κ3) is 7.42. The molecule has 0 unspecified atom stereocenters. The van der Waals surface area contributed by atoms with Crippen molar-refractivity contribution in [3.8, 4) is 0 Å². The molecule has 2 rings (SSSR count). The maximum atomic E-state index is 2.43. The van der Waals surface area contributed by atoms with E-state index in [4.69, 9.17) is 0 Å². The van der Waals surface area contributed by atoms with Gasteiger partial charge in [0.15, 0.2) is 0 Å². The minimum absolute atomic E-state index is 0. The van der Waals surface area contributed by atoms with Gasteiger partial charge in [-0.3, -0.25) is 0 Å². The van der Waals surface area contributed by atoms with Crippen molar-refractivity contribution < 1.29 is 32.6 Å². The molecule has 0 N–H and O–H groups in total. The molecule has 0 atom stereocenters. The van der Waals surface area contributed by atoms with Crippen LogP contribution in [-0.4, -0.2) is 0 Å². The summed E-state index contributed by atoms with van der Waals surface area (Å²) in [7, 11) is 0. The second-order valence-corrected chi connectivity index (χ2v) is 10.8. The van der Waals surface area contributed by atoms with Crippen LogP contribution in [0.25, 0.3) is 0 Å². The molecule has 0 aromatic carbocycles. The van der Waals surface area contributed by atoms with Crippen molar-refractivity contribution in [2.45, 2.75) is 66.2 Å². The normalized spacial score (nSPS) is 16.3. The Kier molecular flexibility index (Phi) is 11.1. The maximum absolute atomic E-state index is 2.43. The zero-order valence-electron chi connectivity index (χ0n) is 15.0. The Hall–Kier alpha value is -0.297. The van der Waals surface area contributed by atoms with E-state index in [1.54, 1.807) is 11.1 Å². The maximum Gasteiger partial charge on any atom is -1.00 e. The molecule has 0 heterocycles. The number of hydrogen-bond donors (Lipinski definition) is 0. The van der Waals surface area contributed by atoms with Crippen LogP contribution in [0.15, 0.2) is 42.0 Å². The molecule has 0 aliphatic heterocycles. The Morgan fingerprint density at radius 3 is 1.52 bits per heavy atom. The quantitative estimate of drug-likeness (QED) is 0.554. The minimum atomic E-state index is -0.502. The van der Waals surface area contributed by atoms with Crippen molar-refractivity contribution in [3.05, 3.63) is 42.0 Å². The van der Waals surface area contributed by atoms with E-state index in [0.717, 1.165) is 11.8 Å². The van der Waals surface area contributed by atoms with Crippen molar-refractivity contribution in [1.29, 1.82) is 0 Å². The smallest absolute Gasteiger partial charge is 1.00 e. The second kappa shape index (κ2) is 11.3. The third-order valence-corrected chi connectivity index (χ3v) is 8.41. The molecule has 0 spiro atoms. The average molecular weight is 400 g/mol. The van der Waals surface area contributed by atoms with E-state index in [-0.39, 0.29) is 9.41 Å². The molecule has 0 radical (unpaired) electrons. The molecule has 0 fully saturated rings. The first-order valence-electron chi connectivity index (χ1n) is 8.60. The fourth-order valence-corrected chi connectivity index (χ4v) is 6.69. The molecule has 0 bridgehead atoms. The van der Waals surface area contributed by atoms with E-state index in [1.807, 2.05) is 6.56 Å². The van der Waals surface area contributed by atoms with E-state index < -0.39 is 23.2 Å². The van der Waals surface area contributed by atoms with Crippen molar-refractivity contribution in [3.63, 3.8) is 0 Å². The van der Waals surface area contributed by atoms with E-state index >= 15 is 0 Å². The first kappa shape index (κ1) is 22.7. The molecule has 2 aliphatic carbocycles. The van der Waals surface area contributed by atoms with Crippen molar-refractivity contribution in [1.82, 2.24) is 0 Å². The average Bonchev–Trinajstić information content (AvgIpc) is 3.04. The Bertz CT molecular complexity index is 438. The van der Waals surface area contributed by atoms with Crippen molar-refractivity contribution in [2.24, 2.45) is 11.8 Å². The largest absolute Gasteiger partial charge is 1.00 e. The van der Waals surface area contributed by atoms with Crippen LogP contribution in [-0.2, 0) is 23.2 Å². The molecule has 0 nitrogen and oxygen atoms in total. The van der Waals surface area contributed by atoms with Crippen molar-refractivity contribution >= 4 is 0 Å². The molecule has 0 saturated carbocycles. The first-order valence-corrected chi connectivity index (χ1v) is 11.1. The van der Waals surface area contributed by atoms with Gasteiger partial charge in [-0.05, 0) is 0 Å². The predicted molar refractivity (Wildman–Crippen MR) is 89.7 cm³/mol. The Morgan fingerprint density at radius 2 is 1.17 bits per heavy atom. The summed E-state index contributed by atoms with van der Waals surface area (Å²) < 4.78 is 3.72. The van der Waals surface area contributed by atoms with Gasteiger partial charge >= 0.3 is 143 Å². The Labute approximate surface area is 152 Å². The monoisotopic (exact) mass is 398 g/mol. The predicted octanol–water partition coefficient (Wildman–Crippen LogP) is 0.377. The van der Waals surface area contributed by atoms with Crippen LogP contribution in [0, 0.1) is 11.8 Å². The van der Waals surface area contributed by atoms with Gasteiger partial charge in [0.25, 0.3) is 0 Å².